The molecular formula is C16H15ClF3N3O2. The van der Waals surface area contributed by atoms with Crippen molar-refractivity contribution in [1.82, 2.24) is 9.78 Å². The first-order chi connectivity index (χ1) is 11.7. The van der Waals surface area contributed by atoms with Crippen molar-refractivity contribution in [2.24, 2.45) is 0 Å². The third kappa shape index (κ3) is 3.58. The highest BCUT2D eigenvalue weighted by atomic mass is 35.5. The number of rotatable bonds is 4. The monoisotopic (exact) mass is 373 g/mol. The average Bonchev–Trinajstić information content (AvgIpc) is 3.28. The quantitative estimate of drug-likeness (QED) is 0.837. The van der Waals surface area contributed by atoms with Crippen LogP contribution in [0.4, 0.5) is 18.9 Å². The number of phenols is 1. The van der Waals surface area contributed by atoms with Crippen molar-refractivity contribution in [3.63, 3.8) is 0 Å². The second-order valence-electron chi connectivity index (χ2n) is 5.98. The van der Waals surface area contributed by atoms with Crippen molar-refractivity contribution >= 4 is 23.2 Å². The number of carbonyl (C=O) groups excluding carboxylic acids is 1. The van der Waals surface area contributed by atoms with Gasteiger partial charge in [0.15, 0.2) is 5.69 Å². The predicted molar refractivity (Wildman–Crippen MR) is 85.7 cm³/mol. The number of hydrogen-bond donors (Lipinski definition) is 2. The fourth-order valence-corrected chi connectivity index (χ4v) is 2.95. The average molecular weight is 374 g/mol. The van der Waals surface area contributed by atoms with E-state index in [9.17, 15) is 23.1 Å². The summed E-state index contributed by atoms with van der Waals surface area (Å²) in [7, 11) is 0. The van der Waals surface area contributed by atoms with E-state index in [2.05, 4.69) is 10.4 Å². The lowest BCUT2D eigenvalue weighted by Crippen LogP contribution is -2.26. The summed E-state index contributed by atoms with van der Waals surface area (Å²) >= 11 is 5.91. The molecule has 9 heteroatoms. The Morgan fingerprint density at radius 3 is 2.68 bits per heavy atom. The van der Waals surface area contributed by atoms with Crippen LogP contribution in [0.5, 0.6) is 5.75 Å². The summed E-state index contributed by atoms with van der Waals surface area (Å²) in [5.74, 6) is -0.710. The highest BCUT2D eigenvalue weighted by Gasteiger charge is 2.43. The molecule has 1 unspecified atom stereocenters. The first-order valence-corrected chi connectivity index (χ1v) is 8.01. The van der Waals surface area contributed by atoms with Gasteiger partial charge in [-0.05, 0) is 31.9 Å². The molecule has 3 rings (SSSR count). The van der Waals surface area contributed by atoms with Gasteiger partial charge in [-0.15, -0.1) is 0 Å². The van der Waals surface area contributed by atoms with Gasteiger partial charge in [-0.1, -0.05) is 17.7 Å². The summed E-state index contributed by atoms with van der Waals surface area (Å²) in [5, 5.41) is 15.1. The summed E-state index contributed by atoms with van der Waals surface area (Å²) in [5.41, 5.74) is -0.597. The Morgan fingerprint density at radius 2 is 2.12 bits per heavy atom. The van der Waals surface area contributed by atoms with Gasteiger partial charge in [0.25, 0.3) is 0 Å². The molecule has 1 aromatic carbocycles. The van der Waals surface area contributed by atoms with Crippen LogP contribution in [0.2, 0.25) is 5.02 Å². The Hall–Kier alpha value is -2.22. The molecule has 0 spiro atoms. The largest absolute Gasteiger partial charge is 0.508 e. The molecule has 1 aliphatic rings. The smallest absolute Gasteiger partial charge is 0.436 e. The molecule has 0 aliphatic heterocycles. The van der Waals surface area contributed by atoms with E-state index in [1.165, 1.54) is 25.1 Å². The van der Waals surface area contributed by atoms with Gasteiger partial charge in [0.2, 0.25) is 5.91 Å². The lowest BCUT2D eigenvalue weighted by atomic mass is 10.2. The van der Waals surface area contributed by atoms with Crippen LogP contribution in [-0.4, -0.2) is 20.8 Å². The molecule has 1 fully saturated rings. The lowest BCUT2D eigenvalue weighted by molar-refractivity contribution is -0.141. The molecule has 1 aromatic heterocycles. The maximum atomic E-state index is 13.1. The predicted octanol–water partition coefficient (Wildman–Crippen LogP) is 4.34. The third-order valence-electron chi connectivity index (χ3n) is 3.98. The number of nitrogens with zero attached hydrogens (tertiary/aromatic N) is 2. The first kappa shape index (κ1) is 17.6. The number of halogens is 4. The zero-order valence-corrected chi connectivity index (χ0v) is 13.9. The number of amides is 1. The molecule has 0 bridgehead atoms. The second-order valence-corrected chi connectivity index (χ2v) is 6.36. The minimum absolute atomic E-state index is 0.0365. The molecule has 5 nitrogen and oxygen atoms in total. The van der Waals surface area contributed by atoms with Crippen molar-refractivity contribution in [3.05, 3.63) is 40.7 Å². The van der Waals surface area contributed by atoms with Gasteiger partial charge in [0, 0.05) is 17.7 Å². The van der Waals surface area contributed by atoms with Crippen molar-refractivity contribution in [3.8, 4) is 5.75 Å². The van der Waals surface area contributed by atoms with Crippen molar-refractivity contribution in [2.75, 3.05) is 5.32 Å². The number of aromatic nitrogens is 2. The molecule has 0 radical (unpaired) electrons. The van der Waals surface area contributed by atoms with Crippen molar-refractivity contribution in [2.45, 2.75) is 37.9 Å². The van der Waals surface area contributed by atoms with Gasteiger partial charge in [0.05, 0.1) is 10.7 Å². The van der Waals surface area contributed by atoms with Gasteiger partial charge >= 0.3 is 6.18 Å². The van der Waals surface area contributed by atoms with E-state index in [-0.39, 0.29) is 17.4 Å². The summed E-state index contributed by atoms with van der Waals surface area (Å²) in [4.78, 5) is 12.4. The standard InChI is InChI=1S/C16H15ClF3N3O2/c1-8(15(25)21-10-3-2-4-11(24)7-10)23-13(9-5-6-9)12(17)14(22-23)16(18,19)20/h2-4,7-9,24H,5-6H2,1H3,(H,21,25). The minimum Gasteiger partial charge on any atom is -0.508 e. The number of alkyl halides is 3. The number of anilines is 1. The summed E-state index contributed by atoms with van der Waals surface area (Å²) < 4.78 is 40.3. The van der Waals surface area contributed by atoms with E-state index < -0.39 is 28.8 Å². The summed E-state index contributed by atoms with van der Waals surface area (Å²) in [6.07, 6.45) is -3.26. The van der Waals surface area contributed by atoms with Gasteiger partial charge in [0.1, 0.15) is 11.8 Å². The van der Waals surface area contributed by atoms with Gasteiger partial charge in [-0.25, -0.2) is 0 Å². The SMILES string of the molecule is CC(C(=O)Nc1cccc(O)c1)n1nc(C(F)(F)F)c(Cl)c1C1CC1. The molecule has 2 N–H and O–H groups in total. The molecule has 1 saturated carbocycles. The summed E-state index contributed by atoms with van der Waals surface area (Å²) in [6.45, 7) is 1.45. The molecule has 2 aromatic rings. The fraction of sp³-hybridized carbons (Fsp3) is 0.375. The van der Waals surface area contributed by atoms with Gasteiger partial charge < -0.3 is 10.4 Å². The summed E-state index contributed by atoms with van der Waals surface area (Å²) in [6, 6.07) is 4.88. The van der Waals surface area contributed by atoms with E-state index in [1.54, 1.807) is 6.07 Å². The molecule has 1 heterocycles. The highest BCUT2D eigenvalue weighted by Crippen LogP contribution is 2.47. The molecule has 134 valence electrons. The second kappa shape index (κ2) is 6.25. The van der Waals surface area contributed by atoms with Crippen molar-refractivity contribution < 1.29 is 23.1 Å². The number of aromatic hydroxyl groups is 1. The van der Waals surface area contributed by atoms with E-state index in [0.717, 1.165) is 4.68 Å². The van der Waals surface area contributed by atoms with Crippen LogP contribution in [0, 0.1) is 0 Å². The van der Waals surface area contributed by atoms with Gasteiger partial charge in [-0.3, -0.25) is 9.48 Å². The number of phenolic OH excluding ortho intramolecular Hbond substituents is 1. The molecular weight excluding hydrogens is 359 g/mol. The van der Waals surface area contributed by atoms with Crippen molar-refractivity contribution in [1.29, 1.82) is 0 Å². The van der Waals surface area contributed by atoms with E-state index in [4.69, 9.17) is 11.6 Å². The zero-order valence-electron chi connectivity index (χ0n) is 13.1. The normalized spacial score (nSPS) is 15.9. The molecule has 1 aliphatic carbocycles. The van der Waals surface area contributed by atoms with Crippen LogP contribution >= 0.6 is 11.6 Å². The molecule has 0 saturated heterocycles. The Kier molecular flexibility index (Phi) is 4.40. The maximum Gasteiger partial charge on any atom is 0.436 e. The van der Waals surface area contributed by atoms with E-state index >= 15 is 0 Å². The van der Waals surface area contributed by atoms with Crippen LogP contribution in [-0.2, 0) is 11.0 Å². The number of nitrogens with one attached hydrogen (secondary N) is 1. The number of benzene rings is 1. The topological polar surface area (TPSA) is 67.2 Å². The van der Waals surface area contributed by atoms with E-state index in [1.807, 2.05) is 0 Å². The lowest BCUT2D eigenvalue weighted by Gasteiger charge is -2.16. The Bertz CT molecular complexity index is 815. The third-order valence-corrected chi connectivity index (χ3v) is 4.35. The first-order valence-electron chi connectivity index (χ1n) is 7.63. The van der Waals surface area contributed by atoms with Crippen LogP contribution < -0.4 is 5.32 Å². The Balaban J connectivity index is 1.91. The Morgan fingerprint density at radius 1 is 1.44 bits per heavy atom. The van der Waals surface area contributed by atoms with Crippen LogP contribution in [0.3, 0.4) is 0 Å². The molecule has 1 amide bonds. The van der Waals surface area contributed by atoms with Crippen LogP contribution in [0.15, 0.2) is 24.3 Å². The number of hydrogen-bond acceptors (Lipinski definition) is 3. The Labute approximate surface area is 146 Å². The zero-order chi connectivity index (χ0) is 18.4. The van der Waals surface area contributed by atoms with Gasteiger partial charge in [-0.2, -0.15) is 18.3 Å². The fourth-order valence-electron chi connectivity index (χ4n) is 2.57. The maximum absolute atomic E-state index is 13.1. The van der Waals surface area contributed by atoms with Crippen LogP contribution in [0.25, 0.3) is 0 Å². The van der Waals surface area contributed by atoms with E-state index in [0.29, 0.717) is 18.5 Å². The van der Waals surface area contributed by atoms with Crippen LogP contribution in [0.1, 0.15) is 43.1 Å². The number of carbonyl (C=O) groups is 1. The molecule has 1 atom stereocenters. The highest BCUT2D eigenvalue weighted by molar-refractivity contribution is 6.32. The molecule has 25 heavy (non-hydrogen) atoms. The minimum atomic E-state index is -4.69.